The van der Waals surface area contributed by atoms with E-state index in [1.54, 1.807) is 12.1 Å². The first-order valence-corrected chi connectivity index (χ1v) is 7.53. The summed E-state index contributed by atoms with van der Waals surface area (Å²) >= 11 is 1.29. The van der Waals surface area contributed by atoms with Crippen molar-refractivity contribution in [1.82, 2.24) is 9.97 Å². The van der Waals surface area contributed by atoms with E-state index < -0.39 is 21.4 Å². The molecule has 18 heavy (non-hydrogen) atoms. The maximum absolute atomic E-state index is 11.9. The van der Waals surface area contributed by atoms with Crippen molar-refractivity contribution in [2.45, 2.75) is 11.8 Å². The molecule has 7 heteroatoms. The zero-order chi connectivity index (χ0) is 13.2. The van der Waals surface area contributed by atoms with Crippen LogP contribution in [0.2, 0.25) is 0 Å². The molecule has 0 aliphatic rings. The van der Waals surface area contributed by atoms with E-state index in [-0.39, 0.29) is 4.90 Å². The van der Waals surface area contributed by atoms with Crippen LogP contribution in [0.25, 0.3) is 0 Å². The number of sulfone groups is 1. The first-order chi connectivity index (χ1) is 8.49. The van der Waals surface area contributed by atoms with E-state index >= 15 is 0 Å². The number of ketones is 1. The third kappa shape index (κ3) is 2.80. The van der Waals surface area contributed by atoms with E-state index in [4.69, 9.17) is 0 Å². The maximum Gasteiger partial charge on any atom is 0.188 e. The van der Waals surface area contributed by atoms with Crippen molar-refractivity contribution in [3.05, 3.63) is 40.6 Å². The molecule has 2 rings (SSSR count). The van der Waals surface area contributed by atoms with Crippen molar-refractivity contribution in [3.8, 4) is 0 Å². The molecule has 2 aromatic heterocycles. The fourth-order valence-electron chi connectivity index (χ4n) is 1.36. The highest BCUT2D eigenvalue weighted by molar-refractivity contribution is 7.92. The van der Waals surface area contributed by atoms with Crippen molar-refractivity contribution < 1.29 is 13.2 Å². The third-order valence-corrected chi connectivity index (χ3v) is 4.85. The Kier molecular flexibility index (Phi) is 3.53. The SMILES string of the molecule is Cc1ccc(C(=O)CS(=O)(=O)c2cncnc2)s1. The predicted molar refractivity (Wildman–Crippen MR) is 67.5 cm³/mol. The Hall–Kier alpha value is -1.60. The fraction of sp³-hybridized carbons (Fsp3) is 0.182. The van der Waals surface area contributed by atoms with Crippen LogP contribution in [0.3, 0.4) is 0 Å². The summed E-state index contributed by atoms with van der Waals surface area (Å²) in [5.74, 6) is -0.961. The van der Waals surface area contributed by atoms with Crippen molar-refractivity contribution in [1.29, 1.82) is 0 Å². The minimum atomic E-state index is -3.67. The summed E-state index contributed by atoms with van der Waals surface area (Å²) in [5.41, 5.74) is 0. The smallest absolute Gasteiger partial charge is 0.188 e. The molecule has 0 saturated carbocycles. The molecule has 0 fully saturated rings. The largest absolute Gasteiger partial charge is 0.292 e. The van der Waals surface area contributed by atoms with Gasteiger partial charge in [0.15, 0.2) is 15.6 Å². The molecule has 0 unspecified atom stereocenters. The van der Waals surface area contributed by atoms with E-state index in [2.05, 4.69) is 9.97 Å². The molecule has 2 heterocycles. The van der Waals surface area contributed by atoms with Crippen molar-refractivity contribution >= 4 is 27.0 Å². The van der Waals surface area contributed by atoms with Gasteiger partial charge < -0.3 is 0 Å². The van der Waals surface area contributed by atoms with Gasteiger partial charge in [0.2, 0.25) is 0 Å². The summed E-state index contributed by atoms with van der Waals surface area (Å²) in [7, 11) is -3.67. The van der Waals surface area contributed by atoms with Gasteiger partial charge in [-0.25, -0.2) is 18.4 Å². The molecule has 0 spiro atoms. The van der Waals surface area contributed by atoms with Crippen LogP contribution in [-0.2, 0) is 9.84 Å². The Morgan fingerprint density at radius 2 is 1.94 bits per heavy atom. The average Bonchev–Trinajstić information content (AvgIpc) is 2.77. The molecule has 0 amide bonds. The van der Waals surface area contributed by atoms with Gasteiger partial charge in [-0.15, -0.1) is 11.3 Å². The van der Waals surface area contributed by atoms with Crippen LogP contribution in [0.5, 0.6) is 0 Å². The lowest BCUT2D eigenvalue weighted by Gasteiger charge is -2.01. The van der Waals surface area contributed by atoms with Crippen LogP contribution in [0.4, 0.5) is 0 Å². The zero-order valence-corrected chi connectivity index (χ0v) is 11.2. The van der Waals surface area contributed by atoms with Gasteiger partial charge >= 0.3 is 0 Å². The first kappa shape index (κ1) is 12.8. The van der Waals surface area contributed by atoms with Crippen LogP contribution in [-0.4, -0.2) is 29.9 Å². The second kappa shape index (κ2) is 4.95. The normalized spacial score (nSPS) is 11.4. The summed E-state index contributed by atoms with van der Waals surface area (Å²) in [5, 5.41) is 0. The molecular weight excluding hydrogens is 272 g/mol. The topological polar surface area (TPSA) is 77.0 Å². The first-order valence-electron chi connectivity index (χ1n) is 5.06. The zero-order valence-electron chi connectivity index (χ0n) is 9.53. The molecule has 0 aliphatic heterocycles. The Bertz CT molecular complexity index is 663. The maximum atomic E-state index is 11.9. The van der Waals surface area contributed by atoms with E-state index in [1.165, 1.54) is 30.1 Å². The number of aryl methyl sites for hydroxylation is 1. The molecule has 94 valence electrons. The lowest BCUT2D eigenvalue weighted by atomic mass is 10.3. The number of rotatable bonds is 4. The molecule has 0 bridgehead atoms. The van der Waals surface area contributed by atoms with Gasteiger partial charge in [0.25, 0.3) is 0 Å². The standard InChI is InChI=1S/C11H10N2O3S2/c1-8-2-3-11(17-8)10(14)6-18(15,16)9-4-12-7-13-5-9/h2-5,7H,6H2,1H3. The summed E-state index contributed by atoms with van der Waals surface area (Å²) in [6, 6.07) is 3.43. The Balaban J connectivity index is 2.22. The monoisotopic (exact) mass is 282 g/mol. The highest BCUT2D eigenvalue weighted by atomic mass is 32.2. The van der Waals surface area contributed by atoms with Gasteiger partial charge in [0, 0.05) is 17.3 Å². The van der Waals surface area contributed by atoms with Crippen molar-refractivity contribution in [2.75, 3.05) is 5.75 Å². The summed E-state index contributed by atoms with van der Waals surface area (Å²) in [4.78, 5) is 20.5. The lowest BCUT2D eigenvalue weighted by molar-refractivity contribution is 0.102. The Morgan fingerprint density at radius 3 is 2.50 bits per heavy atom. The van der Waals surface area contributed by atoms with Gasteiger partial charge in [-0.2, -0.15) is 0 Å². The quantitative estimate of drug-likeness (QED) is 0.794. The molecule has 0 atom stereocenters. The summed E-state index contributed by atoms with van der Waals surface area (Å²) in [6.07, 6.45) is 3.62. The summed E-state index contributed by atoms with van der Waals surface area (Å²) < 4.78 is 23.9. The van der Waals surface area contributed by atoms with Gasteiger partial charge in [0.05, 0.1) is 4.88 Å². The van der Waals surface area contributed by atoms with Crippen LogP contribution in [0.15, 0.2) is 35.7 Å². The minimum absolute atomic E-state index is 0.0355. The molecule has 0 aromatic carbocycles. The molecule has 2 aromatic rings. The average molecular weight is 282 g/mol. The fourth-order valence-corrected chi connectivity index (χ4v) is 3.36. The lowest BCUT2D eigenvalue weighted by Crippen LogP contribution is -2.15. The molecule has 0 saturated heterocycles. The number of hydrogen-bond donors (Lipinski definition) is 0. The number of Topliss-reactive ketones (excluding diaryl/α,β-unsaturated/α-hetero) is 1. The number of carbonyl (C=O) groups is 1. The number of nitrogens with zero attached hydrogens (tertiary/aromatic N) is 2. The molecule has 5 nitrogen and oxygen atoms in total. The number of thiophene rings is 1. The van der Waals surface area contributed by atoms with Crippen LogP contribution >= 0.6 is 11.3 Å². The van der Waals surface area contributed by atoms with Crippen LogP contribution in [0, 0.1) is 6.92 Å². The van der Waals surface area contributed by atoms with Crippen molar-refractivity contribution in [2.24, 2.45) is 0 Å². The highest BCUT2D eigenvalue weighted by Gasteiger charge is 2.21. The second-order valence-electron chi connectivity index (χ2n) is 3.67. The summed E-state index contributed by atoms with van der Waals surface area (Å²) in [6.45, 7) is 1.86. The minimum Gasteiger partial charge on any atom is -0.292 e. The van der Waals surface area contributed by atoms with E-state index in [0.717, 1.165) is 4.88 Å². The van der Waals surface area contributed by atoms with Crippen LogP contribution < -0.4 is 0 Å². The van der Waals surface area contributed by atoms with E-state index in [9.17, 15) is 13.2 Å². The predicted octanol–water partition coefficient (Wildman–Crippen LogP) is 1.50. The van der Waals surface area contributed by atoms with Crippen LogP contribution in [0.1, 0.15) is 14.5 Å². The van der Waals surface area contributed by atoms with Gasteiger partial charge in [-0.1, -0.05) is 0 Å². The van der Waals surface area contributed by atoms with Gasteiger partial charge in [-0.05, 0) is 19.1 Å². The Morgan fingerprint density at radius 1 is 1.28 bits per heavy atom. The number of hydrogen-bond acceptors (Lipinski definition) is 6. The number of aromatic nitrogens is 2. The molecule has 0 N–H and O–H groups in total. The highest BCUT2D eigenvalue weighted by Crippen LogP contribution is 2.18. The third-order valence-electron chi connectivity index (χ3n) is 2.23. The van der Waals surface area contributed by atoms with Crippen molar-refractivity contribution in [3.63, 3.8) is 0 Å². The Labute approximate surface area is 108 Å². The van der Waals surface area contributed by atoms with Gasteiger partial charge in [-0.3, -0.25) is 4.79 Å². The van der Waals surface area contributed by atoms with E-state index in [0.29, 0.717) is 4.88 Å². The molecule has 0 radical (unpaired) electrons. The van der Waals surface area contributed by atoms with E-state index in [1.807, 2.05) is 6.92 Å². The number of carbonyl (C=O) groups excluding carboxylic acids is 1. The molecule has 0 aliphatic carbocycles. The second-order valence-corrected chi connectivity index (χ2v) is 6.94. The molecular formula is C11H10N2O3S2. The van der Waals surface area contributed by atoms with Gasteiger partial charge in [0.1, 0.15) is 17.0 Å².